The van der Waals surface area contributed by atoms with Crippen molar-refractivity contribution in [1.29, 1.82) is 0 Å². The van der Waals surface area contributed by atoms with Gasteiger partial charge in [-0.15, -0.1) is 0 Å². The van der Waals surface area contributed by atoms with Crippen LogP contribution in [0.25, 0.3) is 11.0 Å². The van der Waals surface area contributed by atoms with E-state index in [0.29, 0.717) is 5.82 Å². The van der Waals surface area contributed by atoms with Crippen molar-refractivity contribution in [2.24, 2.45) is 7.05 Å². The molecular formula is C13H13N5O2S. The van der Waals surface area contributed by atoms with Gasteiger partial charge in [-0.3, -0.25) is 10.1 Å². The fourth-order valence-corrected chi connectivity index (χ4v) is 2.67. The van der Waals surface area contributed by atoms with Crippen LogP contribution in [0.1, 0.15) is 5.82 Å². The summed E-state index contributed by atoms with van der Waals surface area (Å²) in [6, 6.07) is 7.95. The molecule has 0 bridgehead atoms. The van der Waals surface area contributed by atoms with E-state index in [-0.39, 0.29) is 17.7 Å². The van der Waals surface area contributed by atoms with E-state index in [1.807, 2.05) is 35.9 Å². The van der Waals surface area contributed by atoms with Gasteiger partial charge in [0.2, 0.25) is 5.91 Å². The number of fused-ring (bicyclic) bond motifs is 1. The summed E-state index contributed by atoms with van der Waals surface area (Å²) in [7, 11) is 1.93. The van der Waals surface area contributed by atoms with Crippen molar-refractivity contribution >= 4 is 34.7 Å². The number of hydrogen-bond donors (Lipinski definition) is 1. The first-order valence-corrected chi connectivity index (χ1v) is 7.26. The highest BCUT2D eigenvalue weighted by Crippen LogP contribution is 2.22. The summed E-state index contributed by atoms with van der Waals surface area (Å²) in [5, 5.41) is 6.94. The van der Waals surface area contributed by atoms with Gasteiger partial charge >= 0.3 is 6.01 Å². The number of para-hydroxylation sites is 2. The number of nitrogens with zero attached hydrogens (tertiary/aromatic N) is 4. The molecule has 108 valence electrons. The van der Waals surface area contributed by atoms with E-state index in [0.717, 1.165) is 16.2 Å². The lowest BCUT2D eigenvalue weighted by atomic mass is 10.3. The maximum Gasteiger partial charge on any atom is 0.328 e. The number of amides is 1. The van der Waals surface area contributed by atoms with Crippen LogP contribution in [-0.2, 0) is 11.8 Å². The lowest BCUT2D eigenvalue weighted by Gasteiger charge is -2.01. The molecule has 7 nitrogen and oxygen atoms in total. The van der Waals surface area contributed by atoms with Crippen LogP contribution < -0.4 is 5.32 Å². The number of carbonyl (C=O) groups excluding carboxylic acids is 1. The van der Waals surface area contributed by atoms with Crippen molar-refractivity contribution in [3.05, 3.63) is 30.1 Å². The third-order valence-corrected chi connectivity index (χ3v) is 3.88. The molecule has 3 rings (SSSR count). The molecule has 0 spiro atoms. The zero-order chi connectivity index (χ0) is 14.8. The maximum atomic E-state index is 11.8. The van der Waals surface area contributed by atoms with Crippen molar-refractivity contribution in [2.75, 3.05) is 11.1 Å². The Kier molecular flexibility index (Phi) is 3.61. The Labute approximate surface area is 124 Å². The molecule has 2 aromatic heterocycles. The van der Waals surface area contributed by atoms with E-state index in [4.69, 9.17) is 4.52 Å². The molecule has 2 heterocycles. The number of aromatic nitrogens is 4. The number of anilines is 1. The highest BCUT2D eigenvalue weighted by atomic mass is 32.2. The van der Waals surface area contributed by atoms with Crippen LogP contribution in [0.3, 0.4) is 0 Å². The van der Waals surface area contributed by atoms with E-state index in [1.165, 1.54) is 11.8 Å². The van der Waals surface area contributed by atoms with Crippen LogP contribution in [0.5, 0.6) is 0 Å². The van der Waals surface area contributed by atoms with Crippen LogP contribution in [0.4, 0.5) is 6.01 Å². The van der Waals surface area contributed by atoms with Crippen molar-refractivity contribution < 1.29 is 9.32 Å². The Morgan fingerprint density at radius 2 is 2.19 bits per heavy atom. The monoisotopic (exact) mass is 303 g/mol. The molecular weight excluding hydrogens is 290 g/mol. The predicted molar refractivity (Wildman–Crippen MR) is 79.1 cm³/mol. The Morgan fingerprint density at radius 3 is 2.90 bits per heavy atom. The number of nitrogens with one attached hydrogen (secondary N) is 1. The molecule has 1 amide bonds. The van der Waals surface area contributed by atoms with Gasteiger partial charge in [0.15, 0.2) is 11.0 Å². The average molecular weight is 303 g/mol. The topological polar surface area (TPSA) is 85.8 Å². The van der Waals surface area contributed by atoms with Crippen molar-refractivity contribution in [1.82, 2.24) is 19.7 Å². The lowest BCUT2D eigenvalue weighted by molar-refractivity contribution is -0.114. The molecule has 0 unspecified atom stereocenters. The van der Waals surface area contributed by atoms with Gasteiger partial charge in [-0.25, -0.2) is 4.98 Å². The average Bonchev–Trinajstić information content (AvgIpc) is 3.01. The molecule has 0 atom stereocenters. The highest BCUT2D eigenvalue weighted by Gasteiger charge is 2.12. The Hall–Kier alpha value is -2.35. The number of benzene rings is 1. The summed E-state index contributed by atoms with van der Waals surface area (Å²) in [6.07, 6.45) is 0. The van der Waals surface area contributed by atoms with Crippen molar-refractivity contribution in [3.8, 4) is 0 Å². The predicted octanol–water partition coefficient (Wildman–Crippen LogP) is 2.00. The molecule has 8 heteroatoms. The number of imidazole rings is 1. The summed E-state index contributed by atoms with van der Waals surface area (Å²) in [4.78, 5) is 20.2. The second-order valence-electron chi connectivity index (χ2n) is 4.43. The third kappa shape index (κ3) is 2.89. The Bertz CT molecular complexity index is 795. The second kappa shape index (κ2) is 5.57. The molecule has 0 radical (unpaired) electrons. The summed E-state index contributed by atoms with van der Waals surface area (Å²) < 4.78 is 6.80. The van der Waals surface area contributed by atoms with Gasteiger partial charge in [0.25, 0.3) is 0 Å². The largest absolute Gasteiger partial charge is 0.328 e. The molecule has 1 N–H and O–H groups in total. The van der Waals surface area contributed by atoms with E-state index in [2.05, 4.69) is 20.4 Å². The van der Waals surface area contributed by atoms with Gasteiger partial charge in [0.1, 0.15) is 0 Å². The van der Waals surface area contributed by atoms with Gasteiger partial charge in [-0.1, -0.05) is 29.1 Å². The van der Waals surface area contributed by atoms with Crippen LogP contribution in [0.2, 0.25) is 0 Å². The first kappa shape index (κ1) is 13.6. The molecule has 3 aromatic rings. The van der Waals surface area contributed by atoms with Crippen LogP contribution in [0, 0.1) is 6.92 Å². The standard InChI is InChI=1S/C13H13N5O2S/c1-8-14-12(20-17-8)16-11(19)7-21-13-15-9-5-3-4-6-10(9)18(13)2/h3-6H,7H2,1-2H3,(H,14,16,17,19). The number of aryl methyl sites for hydroxylation is 2. The van der Waals surface area contributed by atoms with E-state index in [1.54, 1.807) is 6.92 Å². The Morgan fingerprint density at radius 1 is 1.38 bits per heavy atom. The third-order valence-electron chi connectivity index (χ3n) is 2.85. The molecule has 0 aliphatic carbocycles. The van der Waals surface area contributed by atoms with Gasteiger partial charge in [0, 0.05) is 7.05 Å². The summed E-state index contributed by atoms with van der Waals surface area (Å²) >= 11 is 1.36. The van der Waals surface area contributed by atoms with Crippen molar-refractivity contribution in [3.63, 3.8) is 0 Å². The first-order valence-electron chi connectivity index (χ1n) is 6.28. The molecule has 0 saturated carbocycles. The maximum absolute atomic E-state index is 11.8. The van der Waals surface area contributed by atoms with Crippen LogP contribution >= 0.6 is 11.8 Å². The second-order valence-corrected chi connectivity index (χ2v) is 5.37. The minimum absolute atomic E-state index is 0.114. The van der Waals surface area contributed by atoms with E-state index >= 15 is 0 Å². The highest BCUT2D eigenvalue weighted by molar-refractivity contribution is 7.99. The lowest BCUT2D eigenvalue weighted by Crippen LogP contribution is -2.14. The Balaban J connectivity index is 1.66. The molecule has 1 aromatic carbocycles. The molecule has 21 heavy (non-hydrogen) atoms. The van der Waals surface area contributed by atoms with Gasteiger partial charge in [0.05, 0.1) is 16.8 Å². The zero-order valence-corrected chi connectivity index (χ0v) is 12.3. The number of carbonyl (C=O) groups is 1. The molecule has 0 fully saturated rings. The molecule has 0 aliphatic heterocycles. The van der Waals surface area contributed by atoms with Crippen LogP contribution in [-0.4, -0.2) is 31.4 Å². The fraction of sp³-hybridized carbons (Fsp3) is 0.231. The summed E-state index contributed by atoms with van der Waals surface area (Å²) in [5.41, 5.74) is 1.95. The van der Waals surface area contributed by atoms with Gasteiger partial charge < -0.3 is 9.09 Å². The van der Waals surface area contributed by atoms with Crippen molar-refractivity contribution in [2.45, 2.75) is 12.1 Å². The minimum atomic E-state index is -0.212. The number of rotatable bonds is 4. The fourth-order valence-electron chi connectivity index (χ4n) is 1.89. The van der Waals surface area contributed by atoms with E-state index in [9.17, 15) is 4.79 Å². The normalized spacial score (nSPS) is 11.0. The zero-order valence-electron chi connectivity index (χ0n) is 11.5. The molecule has 0 saturated heterocycles. The first-order chi connectivity index (χ1) is 10.1. The smallest absolute Gasteiger partial charge is 0.322 e. The minimum Gasteiger partial charge on any atom is -0.322 e. The van der Waals surface area contributed by atoms with Gasteiger partial charge in [-0.05, 0) is 19.1 Å². The quantitative estimate of drug-likeness (QED) is 0.742. The van der Waals surface area contributed by atoms with Crippen LogP contribution in [0.15, 0.2) is 33.9 Å². The van der Waals surface area contributed by atoms with Gasteiger partial charge in [-0.2, -0.15) is 4.98 Å². The van der Waals surface area contributed by atoms with E-state index < -0.39 is 0 Å². The SMILES string of the molecule is Cc1noc(NC(=O)CSc2nc3ccccc3n2C)n1. The summed E-state index contributed by atoms with van der Waals surface area (Å²) in [5.74, 6) is 0.488. The number of thioether (sulfide) groups is 1. The molecule has 0 aliphatic rings. The summed E-state index contributed by atoms with van der Waals surface area (Å²) in [6.45, 7) is 1.69. The number of hydrogen-bond acceptors (Lipinski definition) is 6.